The highest BCUT2D eigenvalue weighted by atomic mass is 19.4. The number of imidazole rings is 1. The van der Waals surface area contributed by atoms with E-state index in [1.54, 1.807) is 6.20 Å². The van der Waals surface area contributed by atoms with Gasteiger partial charge in [-0.2, -0.15) is 13.2 Å². The molecule has 2 aromatic rings. The number of pyridine rings is 1. The van der Waals surface area contributed by atoms with Crippen molar-refractivity contribution in [2.45, 2.75) is 19.5 Å². The summed E-state index contributed by atoms with van der Waals surface area (Å²) in [4.78, 5) is 7.93. The van der Waals surface area contributed by atoms with Gasteiger partial charge in [0.25, 0.3) is 0 Å². The van der Waals surface area contributed by atoms with Crippen molar-refractivity contribution in [3.63, 3.8) is 0 Å². The van der Waals surface area contributed by atoms with E-state index < -0.39 is 11.7 Å². The lowest BCUT2D eigenvalue weighted by atomic mass is 10.2. The molecule has 0 aliphatic heterocycles. The minimum absolute atomic E-state index is 0.122. The Bertz CT molecular complexity index is 560. The quantitative estimate of drug-likeness (QED) is 0.897. The van der Waals surface area contributed by atoms with Crippen molar-refractivity contribution < 1.29 is 13.2 Å². The second-order valence-corrected chi connectivity index (χ2v) is 3.70. The van der Waals surface area contributed by atoms with Gasteiger partial charge in [-0.15, -0.1) is 0 Å². The molecule has 18 heavy (non-hydrogen) atoms. The third-order valence-corrected chi connectivity index (χ3v) is 2.44. The fraction of sp³-hybridized carbons (Fsp3) is 0.273. The lowest BCUT2D eigenvalue weighted by molar-refractivity contribution is -0.137. The van der Waals surface area contributed by atoms with Gasteiger partial charge in [0, 0.05) is 18.8 Å². The second kappa shape index (κ2) is 4.32. The van der Waals surface area contributed by atoms with E-state index in [0.717, 1.165) is 12.1 Å². The fourth-order valence-corrected chi connectivity index (χ4v) is 1.63. The first kappa shape index (κ1) is 12.4. The molecular formula is C11H11F3N4. The van der Waals surface area contributed by atoms with Crippen LogP contribution in [0.3, 0.4) is 0 Å². The molecule has 0 spiro atoms. The molecule has 0 saturated heterocycles. The first-order valence-corrected chi connectivity index (χ1v) is 5.29. The zero-order valence-corrected chi connectivity index (χ0v) is 9.57. The number of nitrogens with two attached hydrogens (primary N) is 1. The van der Waals surface area contributed by atoms with Crippen LogP contribution in [0.25, 0.3) is 5.82 Å². The summed E-state index contributed by atoms with van der Waals surface area (Å²) >= 11 is 0. The van der Waals surface area contributed by atoms with Gasteiger partial charge in [-0.1, -0.05) is 6.92 Å². The van der Waals surface area contributed by atoms with Crippen LogP contribution in [0.2, 0.25) is 0 Å². The van der Waals surface area contributed by atoms with E-state index >= 15 is 0 Å². The van der Waals surface area contributed by atoms with Gasteiger partial charge >= 0.3 is 6.18 Å². The average Bonchev–Trinajstić information content (AvgIpc) is 2.74. The third-order valence-electron chi connectivity index (χ3n) is 2.44. The maximum atomic E-state index is 12.7. The Morgan fingerprint density at radius 3 is 2.67 bits per heavy atom. The van der Waals surface area contributed by atoms with Crippen LogP contribution in [-0.2, 0) is 12.6 Å². The SMILES string of the molecule is CCc1nccn1-c1cc(C(F)(F)F)cc(N)n1. The van der Waals surface area contributed by atoms with Gasteiger partial charge in [0.1, 0.15) is 17.5 Å². The molecule has 0 aliphatic rings. The topological polar surface area (TPSA) is 56.7 Å². The minimum atomic E-state index is -4.45. The Balaban J connectivity index is 2.56. The highest BCUT2D eigenvalue weighted by molar-refractivity contribution is 5.42. The maximum absolute atomic E-state index is 12.7. The molecule has 2 aromatic heterocycles. The van der Waals surface area contributed by atoms with Gasteiger partial charge in [-0.25, -0.2) is 9.97 Å². The van der Waals surface area contributed by atoms with Crippen LogP contribution in [0.5, 0.6) is 0 Å². The molecule has 0 amide bonds. The predicted molar refractivity (Wildman–Crippen MR) is 60.2 cm³/mol. The number of nitrogen functional groups attached to an aromatic ring is 1. The molecule has 7 heteroatoms. The first-order valence-electron chi connectivity index (χ1n) is 5.29. The zero-order valence-electron chi connectivity index (χ0n) is 9.57. The van der Waals surface area contributed by atoms with E-state index in [2.05, 4.69) is 9.97 Å². The van der Waals surface area contributed by atoms with Crippen molar-refractivity contribution in [1.82, 2.24) is 14.5 Å². The Morgan fingerprint density at radius 2 is 2.06 bits per heavy atom. The average molecular weight is 256 g/mol. The molecule has 0 saturated carbocycles. The summed E-state index contributed by atoms with van der Waals surface area (Å²) < 4.78 is 39.5. The summed E-state index contributed by atoms with van der Waals surface area (Å²) in [5.41, 5.74) is 4.59. The summed E-state index contributed by atoms with van der Waals surface area (Å²) in [6, 6.07) is 1.77. The first-order chi connectivity index (χ1) is 8.41. The lowest BCUT2D eigenvalue weighted by Gasteiger charge is -2.11. The normalized spacial score (nSPS) is 11.8. The summed E-state index contributed by atoms with van der Waals surface area (Å²) in [5, 5.41) is 0. The summed E-state index contributed by atoms with van der Waals surface area (Å²) in [6.45, 7) is 1.86. The van der Waals surface area contributed by atoms with Crippen molar-refractivity contribution in [1.29, 1.82) is 0 Å². The number of anilines is 1. The van der Waals surface area contributed by atoms with Crippen LogP contribution in [0.1, 0.15) is 18.3 Å². The molecular weight excluding hydrogens is 245 g/mol. The molecule has 2 heterocycles. The smallest absolute Gasteiger partial charge is 0.384 e. The van der Waals surface area contributed by atoms with Crippen LogP contribution in [0.15, 0.2) is 24.5 Å². The summed E-state index contributed by atoms with van der Waals surface area (Å²) in [6.07, 6.45) is -0.790. The maximum Gasteiger partial charge on any atom is 0.416 e. The number of aromatic nitrogens is 3. The second-order valence-electron chi connectivity index (χ2n) is 3.70. The molecule has 0 unspecified atom stereocenters. The van der Waals surface area contributed by atoms with E-state index in [1.165, 1.54) is 10.8 Å². The molecule has 4 nitrogen and oxygen atoms in total. The van der Waals surface area contributed by atoms with Crippen LogP contribution >= 0.6 is 0 Å². The predicted octanol–water partition coefficient (Wildman–Crippen LogP) is 2.43. The van der Waals surface area contributed by atoms with E-state index in [9.17, 15) is 13.2 Å². The standard InChI is InChI=1S/C11H11F3N4/c1-2-9-16-3-4-18(9)10-6-7(11(12,13)14)5-8(15)17-10/h3-6H,2H2,1H3,(H2,15,17). The largest absolute Gasteiger partial charge is 0.416 e. The van der Waals surface area contributed by atoms with Crippen molar-refractivity contribution in [2.24, 2.45) is 0 Å². The van der Waals surface area contributed by atoms with Gasteiger partial charge in [0.2, 0.25) is 0 Å². The zero-order chi connectivity index (χ0) is 13.3. The Kier molecular flexibility index (Phi) is 2.98. The number of hydrogen-bond donors (Lipinski definition) is 1. The monoisotopic (exact) mass is 256 g/mol. The number of halogens is 3. The molecule has 2 rings (SSSR count). The van der Waals surface area contributed by atoms with Gasteiger partial charge in [-0.3, -0.25) is 4.57 Å². The van der Waals surface area contributed by atoms with E-state index in [1.807, 2.05) is 6.92 Å². The summed E-state index contributed by atoms with van der Waals surface area (Å²) in [7, 11) is 0. The Morgan fingerprint density at radius 1 is 1.33 bits per heavy atom. The Labute approximate surface area is 101 Å². The molecule has 0 atom stereocenters. The molecule has 0 radical (unpaired) electrons. The summed E-state index contributed by atoms with van der Waals surface area (Å²) in [5.74, 6) is 0.577. The molecule has 2 N–H and O–H groups in total. The number of hydrogen-bond acceptors (Lipinski definition) is 3. The number of nitrogens with zero attached hydrogens (tertiary/aromatic N) is 3. The highest BCUT2D eigenvalue weighted by Crippen LogP contribution is 2.31. The van der Waals surface area contributed by atoms with Crippen molar-refractivity contribution in [2.75, 3.05) is 5.73 Å². The molecule has 96 valence electrons. The number of rotatable bonds is 2. The fourth-order valence-electron chi connectivity index (χ4n) is 1.63. The highest BCUT2D eigenvalue weighted by Gasteiger charge is 2.31. The van der Waals surface area contributed by atoms with Crippen LogP contribution in [0, 0.1) is 0 Å². The van der Waals surface area contributed by atoms with E-state index in [-0.39, 0.29) is 11.6 Å². The lowest BCUT2D eigenvalue weighted by Crippen LogP contribution is -2.10. The number of alkyl halides is 3. The Hall–Kier alpha value is -2.05. The van der Waals surface area contributed by atoms with Crippen LogP contribution in [-0.4, -0.2) is 14.5 Å². The number of aryl methyl sites for hydroxylation is 1. The van der Waals surface area contributed by atoms with Crippen molar-refractivity contribution >= 4 is 5.82 Å². The van der Waals surface area contributed by atoms with Crippen LogP contribution in [0.4, 0.5) is 19.0 Å². The van der Waals surface area contributed by atoms with E-state index in [4.69, 9.17) is 5.73 Å². The molecule has 0 fully saturated rings. The molecule has 0 bridgehead atoms. The molecule has 0 aromatic carbocycles. The third kappa shape index (κ3) is 2.29. The van der Waals surface area contributed by atoms with Crippen LogP contribution < -0.4 is 5.73 Å². The van der Waals surface area contributed by atoms with Gasteiger partial charge in [0.05, 0.1) is 5.56 Å². The van der Waals surface area contributed by atoms with Crippen molar-refractivity contribution in [3.8, 4) is 5.82 Å². The minimum Gasteiger partial charge on any atom is -0.384 e. The van der Waals surface area contributed by atoms with E-state index in [0.29, 0.717) is 12.2 Å². The molecule has 0 aliphatic carbocycles. The van der Waals surface area contributed by atoms with Gasteiger partial charge in [-0.05, 0) is 12.1 Å². The van der Waals surface area contributed by atoms with Gasteiger partial charge in [0.15, 0.2) is 0 Å². The van der Waals surface area contributed by atoms with Crippen molar-refractivity contribution in [3.05, 3.63) is 35.9 Å². The van der Waals surface area contributed by atoms with Gasteiger partial charge < -0.3 is 5.73 Å².